The molecule has 2 saturated heterocycles. The molecular weight excluding hydrogens is 498 g/mol. The van der Waals surface area contributed by atoms with Gasteiger partial charge in [0.15, 0.2) is 0 Å². The average Bonchev–Trinajstić information content (AvgIpc) is 3.43. The van der Waals surface area contributed by atoms with Gasteiger partial charge in [-0.2, -0.15) is 18.4 Å². The Hall–Kier alpha value is -3.87. The van der Waals surface area contributed by atoms with E-state index in [4.69, 9.17) is 0 Å². The number of hydrogen-bond donors (Lipinski definition) is 0. The van der Waals surface area contributed by atoms with Gasteiger partial charge in [-0.05, 0) is 55.2 Å². The maximum Gasteiger partial charge on any atom is 0.416 e. The molecule has 0 bridgehead atoms. The van der Waals surface area contributed by atoms with E-state index < -0.39 is 11.7 Å². The number of carbonyl (C=O) groups is 1. The Morgan fingerprint density at radius 2 is 1.71 bits per heavy atom. The van der Waals surface area contributed by atoms with Crippen molar-refractivity contribution < 1.29 is 22.4 Å². The van der Waals surface area contributed by atoms with Gasteiger partial charge in [0.2, 0.25) is 0 Å². The number of likely N-dealkylation sites (tertiary alicyclic amines) is 2. The number of alkyl halides is 3. The summed E-state index contributed by atoms with van der Waals surface area (Å²) in [6.07, 6.45) is 0.848. The van der Waals surface area contributed by atoms with E-state index in [1.807, 2.05) is 6.20 Å². The van der Waals surface area contributed by atoms with Crippen molar-refractivity contribution in [1.29, 1.82) is 5.26 Å². The molecule has 2 aromatic carbocycles. The molecule has 0 radical (unpaired) electrons. The van der Waals surface area contributed by atoms with Gasteiger partial charge < -0.3 is 14.4 Å². The minimum atomic E-state index is -4.42. The third-order valence-electron chi connectivity index (χ3n) is 7.51. The number of nitrogens with zero attached hydrogens (tertiary/aromatic N) is 5. The maximum absolute atomic E-state index is 13.7. The molecule has 0 saturated carbocycles. The molecule has 2 unspecified atom stereocenters. The number of benzene rings is 2. The normalized spacial score (nSPS) is 20.8. The Labute approximate surface area is 218 Å². The van der Waals surface area contributed by atoms with Gasteiger partial charge in [-0.3, -0.25) is 0 Å². The van der Waals surface area contributed by atoms with E-state index in [1.54, 1.807) is 32.8 Å². The number of aromatic nitrogens is 2. The molecule has 2 fully saturated rings. The van der Waals surface area contributed by atoms with E-state index in [2.05, 4.69) is 11.1 Å². The van der Waals surface area contributed by atoms with E-state index in [0.29, 0.717) is 51.1 Å². The third-order valence-corrected chi connectivity index (χ3v) is 7.51. The summed E-state index contributed by atoms with van der Waals surface area (Å²) >= 11 is 0. The number of urea groups is 1. The second kappa shape index (κ2) is 10.5. The van der Waals surface area contributed by atoms with Crippen LogP contribution in [0, 0.1) is 23.1 Å². The van der Waals surface area contributed by atoms with E-state index in [-0.39, 0.29) is 29.6 Å². The summed E-state index contributed by atoms with van der Waals surface area (Å²) in [6, 6.07) is 13.4. The van der Waals surface area contributed by atoms with Crippen LogP contribution in [0.1, 0.15) is 47.9 Å². The molecule has 2 amide bonds. The molecule has 6 nitrogen and oxygen atoms in total. The molecule has 1 aromatic heterocycles. The zero-order valence-electron chi connectivity index (χ0n) is 20.6. The quantitative estimate of drug-likeness (QED) is 0.397. The molecule has 3 heterocycles. The summed E-state index contributed by atoms with van der Waals surface area (Å²) in [5, 5.41) is 9.19. The maximum atomic E-state index is 13.7. The molecule has 0 aliphatic carbocycles. The van der Waals surface area contributed by atoms with Crippen LogP contribution in [0.4, 0.5) is 22.4 Å². The third kappa shape index (κ3) is 5.52. The number of nitriles is 1. The van der Waals surface area contributed by atoms with Crippen LogP contribution in [0.5, 0.6) is 0 Å². The Balaban J connectivity index is 1.40. The van der Waals surface area contributed by atoms with Crippen LogP contribution in [0.2, 0.25) is 0 Å². The van der Waals surface area contributed by atoms with Crippen LogP contribution in [0.25, 0.3) is 5.69 Å². The molecule has 0 spiro atoms. The minimum absolute atomic E-state index is 0.0557. The molecular formula is C28H27F4N5O. The molecule has 5 rings (SSSR count). The van der Waals surface area contributed by atoms with Gasteiger partial charge in [0.05, 0.1) is 23.7 Å². The predicted octanol–water partition coefficient (Wildman–Crippen LogP) is 5.96. The molecule has 10 heteroatoms. The van der Waals surface area contributed by atoms with E-state index in [0.717, 1.165) is 23.4 Å². The summed E-state index contributed by atoms with van der Waals surface area (Å²) in [7, 11) is 0. The summed E-state index contributed by atoms with van der Waals surface area (Å²) in [4.78, 5) is 21.6. The van der Waals surface area contributed by atoms with Crippen molar-refractivity contribution in [2.24, 2.45) is 5.92 Å². The smallest absolute Gasteiger partial charge is 0.325 e. The van der Waals surface area contributed by atoms with Crippen molar-refractivity contribution in [3.05, 3.63) is 83.7 Å². The Kier molecular flexibility index (Phi) is 7.11. The summed E-state index contributed by atoms with van der Waals surface area (Å²) in [6.45, 7) is 1.78. The van der Waals surface area contributed by atoms with Crippen molar-refractivity contribution in [1.82, 2.24) is 19.4 Å². The minimum Gasteiger partial charge on any atom is -0.325 e. The van der Waals surface area contributed by atoms with Crippen LogP contribution in [-0.2, 0) is 6.18 Å². The van der Waals surface area contributed by atoms with Gasteiger partial charge in [0.25, 0.3) is 0 Å². The van der Waals surface area contributed by atoms with Crippen LogP contribution >= 0.6 is 0 Å². The summed E-state index contributed by atoms with van der Waals surface area (Å²) in [5.74, 6) is -0.767. The number of piperidine rings is 2. The van der Waals surface area contributed by atoms with Gasteiger partial charge in [-0.25, -0.2) is 14.2 Å². The molecule has 0 N–H and O–H groups in total. The van der Waals surface area contributed by atoms with Crippen molar-refractivity contribution in [2.75, 3.05) is 26.2 Å². The number of amides is 2. The van der Waals surface area contributed by atoms with Crippen LogP contribution < -0.4 is 0 Å². The first kappa shape index (κ1) is 25.8. The van der Waals surface area contributed by atoms with E-state index in [1.165, 1.54) is 24.3 Å². The first-order valence-electron chi connectivity index (χ1n) is 12.6. The lowest BCUT2D eigenvalue weighted by atomic mass is 9.83. The first-order valence-corrected chi connectivity index (χ1v) is 12.6. The molecule has 198 valence electrons. The fourth-order valence-electron chi connectivity index (χ4n) is 5.38. The van der Waals surface area contributed by atoms with Crippen LogP contribution in [-0.4, -0.2) is 51.6 Å². The molecule has 2 aliphatic rings. The number of rotatable bonds is 3. The Bertz CT molecular complexity index is 1320. The molecule has 38 heavy (non-hydrogen) atoms. The van der Waals surface area contributed by atoms with Crippen molar-refractivity contribution in [3.63, 3.8) is 0 Å². The van der Waals surface area contributed by atoms with Gasteiger partial charge >= 0.3 is 12.2 Å². The van der Waals surface area contributed by atoms with Gasteiger partial charge in [-0.1, -0.05) is 18.2 Å². The van der Waals surface area contributed by atoms with Crippen LogP contribution in [0.3, 0.4) is 0 Å². The van der Waals surface area contributed by atoms with Gasteiger partial charge in [-0.15, -0.1) is 0 Å². The number of imidazole rings is 1. The molecule has 2 atom stereocenters. The van der Waals surface area contributed by atoms with E-state index >= 15 is 0 Å². The van der Waals surface area contributed by atoms with Crippen molar-refractivity contribution >= 4 is 6.03 Å². The lowest BCUT2D eigenvalue weighted by molar-refractivity contribution is -0.137. The summed E-state index contributed by atoms with van der Waals surface area (Å²) in [5.41, 5.74) is 1.36. The zero-order valence-corrected chi connectivity index (χ0v) is 20.6. The SMILES string of the molecule is N#CC1CCN(C(=O)N2CC(c3ccc(C(F)(F)F)cc3)CC(c3cn(-c4cccc(F)c4)cn3)C2)CC1. The lowest BCUT2D eigenvalue weighted by Gasteiger charge is -2.41. The van der Waals surface area contributed by atoms with Crippen LogP contribution in [0.15, 0.2) is 61.1 Å². The molecule has 3 aromatic rings. The Morgan fingerprint density at radius 3 is 2.37 bits per heavy atom. The fourth-order valence-corrected chi connectivity index (χ4v) is 5.38. The summed E-state index contributed by atoms with van der Waals surface area (Å²) < 4.78 is 54.9. The van der Waals surface area contributed by atoms with Gasteiger partial charge in [0, 0.05) is 55.8 Å². The van der Waals surface area contributed by atoms with Crippen molar-refractivity contribution in [3.8, 4) is 11.8 Å². The van der Waals surface area contributed by atoms with E-state index in [9.17, 15) is 27.6 Å². The fraction of sp³-hybridized carbons (Fsp3) is 0.393. The highest BCUT2D eigenvalue weighted by Crippen LogP contribution is 2.37. The molecule has 2 aliphatic heterocycles. The average molecular weight is 526 g/mol. The standard InChI is InChI=1S/C28H27F4N5O/c29-24-2-1-3-25(13-24)37-17-26(34-18-37)22-12-21(20-4-6-23(7-5-20)28(30,31)32)15-36(16-22)27(38)35-10-8-19(14-33)9-11-35/h1-7,13,17-19,21-22H,8-12,15-16H2. The highest BCUT2D eigenvalue weighted by molar-refractivity contribution is 5.75. The largest absolute Gasteiger partial charge is 0.416 e. The topological polar surface area (TPSA) is 65.2 Å². The number of hydrogen-bond acceptors (Lipinski definition) is 3. The van der Waals surface area contributed by atoms with Crippen molar-refractivity contribution in [2.45, 2.75) is 37.3 Å². The first-order chi connectivity index (χ1) is 18.2. The Morgan fingerprint density at radius 1 is 1.00 bits per heavy atom. The van der Waals surface area contributed by atoms with Gasteiger partial charge in [0.1, 0.15) is 5.82 Å². The second-order valence-electron chi connectivity index (χ2n) is 10.0. The highest BCUT2D eigenvalue weighted by atomic mass is 19.4. The number of halogens is 4. The second-order valence-corrected chi connectivity index (χ2v) is 10.0. The zero-order chi connectivity index (χ0) is 26.9. The highest BCUT2D eigenvalue weighted by Gasteiger charge is 2.36. The predicted molar refractivity (Wildman–Crippen MR) is 132 cm³/mol. The number of carbonyl (C=O) groups excluding carboxylic acids is 1. The monoisotopic (exact) mass is 525 g/mol. The lowest BCUT2D eigenvalue weighted by Crippen LogP contribution is -2.51.